The largest absolute Gasteiger partial charge is 0.365 e. The topological polar surface area (TPSA) is 39.7 Å². The number of para-hydroxylation sites is 1. The van der Waals surface area contributed by atoms with Gasteiger partial charge in [-0.1, -0.05) is 6.07 Å². The van der Waals surface area contributed by atoms with Gasteiger partial charge in [0.2, 0.25) is 0 Å². The lowest BCUT2D eigenvalue weighted by molar-refractivity contribution is 0.576. The number of aliphatic imine (C=N–C) groups is 1. The summed E-state index contributed by atoms with van der Waals surface area (Å²) in [4.78, 5) is 6.09. The Kier molecular flexibility index (Phi) is 5.36. The highest BCUT2D eigenvalue weighted by molar-refractivity contribution is 5.80. The Bertz CT molecular complexity index is 484. The van der Waals surface area contributed by atoms with E-state index in [9.17, 15) is 8.78 Å². The van der Waals surface area contributed by atoms with Gasteiger partial charge in [-0.2, -0.15) is 0 Å². The van der Waals surface area contributed by atoms with Crippen molar-refractivity contribution in [2.75, 3.05) is 31.1 Å². The van der Waals surface area contributed by atoms with Crippen LogP contribution in [-0.2, 0) is 0 Å². The number of nitrogens with zero attached hydrogens (tertiary/aromatic N) is 2. The van der Waals surface area contributed by atoms with Crippen molar-refractivity contribution in [3.63, 3.8) is 0 Å². The molecule has 0 amide bonds. The Morgan fingerprint density at radius 1 is 1.33 bits per heavy atom. The molecular formula is C15H22F2N4. The average molecular weight is 296 g/mol. The molecule has 2 rings (SSSR count). The van der Waals surface area contributed by atoms with Gasteiger partial charge < -0.3 is 15.5 Å². The van der Waals surface area contributed by atoms with Crippen molar-refractivity contribution in [1.29, 1.82) is 0 Å². The van der Waals surface area contributed by atoms with Crippen LogP contribution in [0.25, 0.3) is 0 Å². The van der Waals surface area contributed by atoms with Crippen LogP contribution < -0.4 is 15.5 Å². The molecule has 2 N–H and O–H groups in total. The SMILES string of the molecule is CCN=C(NCC)NC1CCN(c2c(F)cccc2F)C1. The molecule has 116 valence electrons. The van der Waals surface area contributed by atoms with Gasteiger partial charge in [0.25, 0.3) is 0 Å². The van der Waals surface area contributed by atoms with Gasteiger partial charge in [0.05, 0.1) is 0 Å². The quantitative estimate of drug-likeness (QED) is 0.660. The van der Waals surface area contributed by atoms with Gasteiger partial charge >= 0.3 is 0 Å². The fourth-order valence-electron chi connectivity index (χ4n) is 2.54. The molecule has 0 spiro atoms. The Morgan fingerprint density at radius 2 is 2.05 bits per heavy atom. The maximum atomic E-state index is 13.8. The van der Waals surface area contributed by atoms with Crippen molar-refractivity contribution in [3.05, 3.63) is 29.8 Å². The van der Waals surface area contributed by atoms with Gasteiger partial charge in [0.15, 0.2) is 5.96 Å². The van der Waals surface area contributed by atoms with E-state index in [1.165, 1.54) is 18.2 Å². The molecule has 1 atom stereocenters. The first-order chi connectivity index (χ1) is 10.2. The highest BCUT2D eigenvalue weighted by atomic mass is 19.1. The van der Waals surface area contributed by atoms with Crippen molar-refractivity contribution < 1.29 is 8.78 Å². The first kappa shape index (κ1) is 15.5. The Labute approximate surface area is 124 Å². The smallest absolute Gasteiger partial charge is 0.191 e. The molecule has 1 unspecified atom stereocenters. The number of halogens is 2. The van der Waals surface area contributed by atoms with E-state index in [1.807, 2.05) is 13.8 Å². The second-order valence-electron chi connectivity index (χ2n) is 5.00. The molecule has 6 heteroatoms. The van der Waals surface area contributed by atoms with E-state index in [0.29, 0.717) is 19.6 Å². The average Bonchev–Trinajstić information content (AvgIpc) is 2.87. The number of nitrogens with one attached hydrogen (secondary N) is 2. The Balaban J connectivity index is 2.02. The normalized spacial score (nSPS) is 19.0. The molecule has 1 aliphatic rings. The first-order valence-corrected chi connectivity index (χ1v) is 7.39. The molecule has 0 bridgehead atoms. The standard InChI is InChI=1S/C15H22F2N4/c1-3-18-15(19-4-2)20-11-8-9-21(10-11)14-12(16)6-5-7-13(14)17/h5-7,11H,3-4,8-10H2,1-2H3,(H2,18,19,20). The summed E-state index contributed by atoms with van der Waals surface area (Å²) in [5.41, 5.74) is 0.0687. The summed E-state index contributed by atoms with van der Waals surface area (Å²) in [6.07, 6.45) is 0.821. The van der Waals surface area contributed by atoms with Crippen molar-refractivity contribution in [3.8, 4) is 0 Å². The second-order valence-corrected chi connectivity index (χ2v) is 5.00. The van der Waals surface area contributed by atoms with Crippen LogP contribution in [0.4, 0.5) is 14.5 Å². The number of hydrogen-bond acceptors (Lipinski definition) is 2. The molecule has 0 aliphatic carbocycles. The van der Waals surface area contributed by atoms with Crippen LogP contribution in [0.1, 0.15) is 20.3 Å². The fourth-order valence-corrected chi connectivity index (χ4v) is 2.54. The Morgan fingerprint density at radius 3 is 2.67 bits per heavy atom. The summed E-state index contributed by atoms with van der Waals surface area (Å²) >= 11 is 0. The lowest BCUT2D eigenvalue weighted by Crippen LogP contribution is -2.44. The molecule has 1 aromatic carbocycles. The van der Waals surface area contributed by atoms with E-state index in [0.717, 1.165) is 18.9 Å². The molecule has 1 fully saturated rings. The predicted octanol–water partition coefficient (Wildman–Crippen LogP) is 2.12. The van der Waals surface area contributed by atoms with Crippen LogP contribution >= 0.6 is 0 Å². The summed E-state index contributed by atoms with van der Waals surface area (Å²) in [7, 11) is 0. The predicted molar refractivity (Wildman–Crippen MR) is 81.8 cm³/mol. The number of benzene rings is 1. The lowest BCUT2D eigenvalue weighted by Gasteiger charge is -2.21. The van der Waals surface area contributed by atoms with Crippen LogP contribution in [0, 0.1) is 11.6 Å². The van der Waals surface area contributed by atoms with E-state index in [-0.39, 0.29) is 11.7 Å². The molecule has 1 saturated heterocycles. The summed E-state index contributed by atoms with van der Waals surface area (Å²) in [6.45, 7) is 6.63. The minimum atomic E-state index is -0.509. The number of guanidine groups is 1. The minimum Gasteiger partial charge on any atom is -0.365 e. The van der Waals surface area contributed by atoms with Crippen LogP contribution in [0.2, 0.25) is 0 Å². The molecule has 21 heavy (non-hydrogen) atoms. The van der Waals surface area contributed by atoms with Crippen LogP contribution in [0.5, 0.6) is 0 Å². The van der Waals surface area contributed by atoms with Crippen molar-refractivity contribution in [2.24, 2.45) is 4.99 Å². The lowest BCUT2D eigenvalue weighted by atomic mass is 10.2. The monoisotopic (exact) mass is 296 g/mol. The van der Waals surface area contributed by atoms with Gasteiger partial charge in [-0.3, -0.25) is 4.99 Å². The molecule has 1 aliphatic heterocycles. The third-order valence-corrected chi connectivity index (χ3v) is 3.44. The van der Waals surface area contributed by atoms with Gasteiger partial charge in [-0.25, -0.2) is 8.78 Å². The first-order valence-electron chi connectivity index (χ1n) is 7.39. The molecule has 1 aromatic rings. The zero-order chi connectivity index (χ0) is 15.2. The van der Waals surface area contributed by atoms with Crippen molar-refractivity contribution in [1.82, 2.24) is 10.6 Å². The summed E-state index contributed by atoms with van der Waals surface area (Å²) in [5, 5.41) is 6.47. The second kappa shape index (κ2) is 7.24. The van der Waals surface area contributed by atoms with Crippen LogP contribution in [0.3, 0.4) is 0 Å². The van der Waals surface area contributed by atoms with E-state index in [1.54, 1.807) is 4.90 Å². The molecular weight excluding hydrogens is 274 g/mol. The van der Waals surface area contributed by atoms with Crippen LogP contribution in [0.15, 0.2) is 23.2 Å². The highest BCUT2D eigenvalue weighted by Gasteiger charge is 2.27. The maximum absolute atomic E-state index is 13.8. The fraction of sp³-hybridized carbons (Fsp3) is 0.533. The minimum absolute atomic E-state index is 0.0687. The number of hydrogen-bond donors (Lipinski definition) is 2. The molecule has 1 heterocycles. The molecule has 0 saturated carbocycles. The molecule has 0 aromatic heterocycles. The zero-order valence-corrected chi connectivity index (χ0v) is 12.5. The van der Waals surface area contributed by atoms with Crippen molar-refractivity contribution in [2.45, 2.75) is 26.3 Å². The Hall–Kier alpha value is -1.85. The third-order valence-electron chi connectivity index (χ3n) is 3.44. The van der Waals surface area contributed by atoms with Gasteiger partial charge in [0.1, 0.15) is 17.3 Å². The summed E-state index contributed by atoms with van der Waals surface area (Å²) in [5.74, 6) is -0.268. The van der Waals surface area contributed by atoms with E-state index >= 15 is 0 Å². The van der Waals surface area contributed by atoms with Gasteiger partial charge in [0, 0.05) is 32.2 Å². The van der Waals surface area contributed by atoms with Gasteiger partial charge in [-0.15, -0.1) is 0 Å². The van der Waals surface area contributed by atoms with Gasteiger partial charge in [-0.05, 0) is 32.4 Å². The highest BCUT2D eigenvalue weighted by Crippen LogP contribution is 2.26. The molecule has 0 radical (unpaired) electrons. The zero-order valence-electron chi connectivity index (χ0n) is 12.5. The third kappa shape index (κ3) is 3.83. The van der Waals surface area contributed by atoms with Crippen LogP contribution in [-0.4, -0.2) is 38.2 Å². The molecule has 4 nitrogen and oxygen atoms in total. The summed E-state index contributed by atoms with van der Waals surface area (Å²) < 4.78 is 27.6. The maximum Gasteiger partial charge on any atom is 0.191 e. The number of anilines is 1. The number of rotatable bonds is 4. The van der Waals surface area contributed by atoms with Crippen molar-refractivity contribution >= 4 is 11.6 Å². The summed E-state index contributed by atoms with van der Waals surface area (Å²) in [6, 6.07) is 4.11. The van der Waals surface area contributed by atoms with E-state index in [4.69, 9.17) is 0 Å². The van der Waals surface area contributed by atoms with E-state index in [2.05, 4.69) is 15.6 Å². The van der Waals surface area contributed by atoms with E-state index < -0.39 is 11.6 Å².